The van der Waals surface area contributed by atoms with Crippen LogP contribution in [0.1, 0.15) is 26.7 Å². The van der Waals surface area contributed by atoms with Crippen molar-refractivity contribution in [3.63, 3.8) is 0 Å². The lowest BCUT2D eigenvalue weighted by Crippen LogP contribution is -2.38. The third-order valence-electron chi connectivity index (χ3n) is 4.43. The molecule has 0 saturated carbocycles. The number of carbonyl (C=O) groups is 2. The van der Waals surface area contributed by atoms with Gasteiger partial charge in [0.2, 0.25) is 11.8 Å². The third kappa shape index (κ3) is 5.74. The zero-order valence-electron chi connectivity index (χ0n) is 15.5. The van der Waals surface area contributed by atoms with Gasteiger partial charge in [0.25, 0.3) is 0 Å². The van der Waals surface area contributed by atoms with E-state index >= 15 is 0 Å². The summed E-state index contributed by atoms with van der Waals surface area (Å²) in [5.41, 5.74) is 1.87. The number of hydrogen-bond donors (Lipinski definition) is 1. The topological polar surface area (TPSA) is 61.9 Å². The second-order valence-electron chi connectivity index (χ2n) is 6.58. The van der Waals surface area contributed by atoms with Gasteiger partial charge in [-0.15, -0.1) is 0 Å². The van der Waals surface area contributed by atoms with E-state index in [1.165, 1.54) is 4.90 Å². The number of rotatable bonds is 7. The van der Waals surface area contributed by atoms with E-state index in [0.29, 0.717) is 0 Å². The fraction of sp³-hybridized carbons (Fsp3) is 0.579. The summed E-state index contributed by atoms with van der Waals surface area (Å²) in [6, 6.07) is 7.78. The number of nitrogens with zero attached hydrogens (tertiary/aromatic N) is 2. The summed E-state index contributed by atoms with van der Waals surface area (Å²) in [6.07, 6.45) is 1.80. The van der Waals surface area contributed by atoms with E-state index in [-0.39, 0.29) is 24.3 Å². The highest BCUT2D eigenvalue weighted by molar-refractivity contribution is 5.94. The first-order valence-electron chi connectivity index (χ1n) is 8.99. The van der Waals surface area contributed by atoms with E-state index in [1.54, 1.807) is 7.05 Å². The number of anilines is 2. The van der Waals surface area contributed by atoms with Crippen molar-refractivity contribution in [2.45, 2.75) is 26.7 Å². The number of carbonyl (C=O) groups excluding carboxylic acids is 2. The Morgan fingerprint density at radius 1 is 1.24 bits per heavy atom. The molecule has 0 bridgehead atoms. The molecule has 6 heteroatoms. The highest BCUT2D eigenvalue weighted by atomic mass is 16.5. The zero-order chi connectivity index (χ0) is 18.2. The van der Waals surface area contributed by atoms with Crippen LogP contribution in [0.25, 0.3) is 0 Å². The molecular formula is C19H29N3O3. The van der Waals surface area contributed by atoms with Gasteiger partial charge in [0, 0.05) is 37.4 Å². The van der Waals surface area contributed by atoms with Crippen molar-refractivity contribution >= 4 is 23.2 Å². The number of likely N-dealkylation sites (N-methyl/N-ethyl adjacent to an activating group) is 1. The van der Waals surface area contributed by atoms with Crippen LogP contribution in [0, 0.1) is 5.92 Å². The molecular weight excluding hydrogens is 318 g/mol. The highest BCUT2D eigenvalue weighted by Gasteiger charge is 2.19. The van der Waals surface area contributed by atoms with E-state index in [2.05, 4.69) is 17.1 Å². The molecule has 1 aliphatic rings. The van der Waals surface area contributed by atoms with Crippen molar-refractivity contribution in [2.24, 2.45) is 5.92 Å². The SMILES string of the molecule is CCCC(C)C(=O)N(C)CC(=O)Nc1ccc(N2CCOCC2)cc1. The van der Waals surface area contributed by atoms with E-state index in [0.717, 1.165) is 50.5 Å². The minimum Gasteiger partial charge on any atom is -0.378 e. The first kappa shape index (κ1) is 19.2. The Morgan fingerprint density at radius 3 is 2.48 bits per heavy atom. The molecule has 1 N–H and O–H groups in total. The van der Waals surface area contributed by atoms with Gasteiger partial charge in [0.15, 0.2) is 0 Å². The van der Waals surface area contributed by atoms with E-state index in [9.17, 15) is 9.59 Å². The minimum atomic E-state index is -0.182. The molecule has 6 nitrogen and oxygen atoms in total. The van der Waals surface area contributed by atoms with Crippen LogP contribution in [0.4, 0.5) is 11.4 Å². The lowest BCUT2D eigenvalue weighted by molar-refractivity contribution is -0.136. The molecule has 1 heterocycles. The van der Waals surface area contributed by atoms with Gasteiger partial charge in [0.1, 0.15) is 0 Å². The molecule has 0 radical (unpaired) electrons. The average Bonchev–Trinajstić information content (AvgIpc) is 2.62. The molecule has 1 atom stereocenters. The lowest BCUT2D eigenvalue weighted by Gasteiger charge is -2.29. The number of benzene rings is 1. The van der Waals surface area contributed by atoms with Crippen LogP contribution < -0.4 is 10.2 Å². The molecule has 25 heavy (non-hydrogen) atoms. The predicted octanol–water partition coefficient (Wildman–Crippen LogP) is 2.36. The Morgan fingerprint density at radius 2 is 1.88 bits per heavy atom. The Hall–Kier alpha value is -2.08. The van der Waals surface area contributed by atoms with E-state index < -0.39 is 0 Å². The van der Waals surface area contributed by atoms with Gasteiger partial charge >= 0.3 is 0 Å². The van der Waals surface area contributed by atoms with Crippen LogP contribution in [0.2, 0.25) is 0 Å². The maximum absolute atomic E-state index is 12.2. The zero-order valence-corrected chi connectivity index (χ0v) is 15.5. The van der Waals surface area contributed by atoms with Crippen LogP contribution >= 0.6 is 0 Å². The van der Waals surface area contributed by atoms with Gasteiger partial charge in [-0.25, -0.2) is 0 Å². The number of ether oxygens (including phenoxy) is 1. The molecule has 138 valence electrons. The molecule has 0 aliphatic carbocycles. The smallest absolute Gasteiger partial charge is 0.243 e. The molecule has 1 aliphatic heterocycles. The maximum atomic E-state index is 12.2. The normalized spacial score (nSPS) is 15.6. The van der Waals surface area contributed by atoms with Crippen molar-refractivity contribution < 1.29 is 14.3 Å². The summed E-state index contributed by atoms with van der Waals surface area (Å²) in [5.74, 6) is -0.214. The number of nitrogens with one attached hydrogen (secondary N) is 1. The molecule has 0 spiro atoms. The molecule has 1 saturated heterocycles. The average molecular weight is 347 g/mol. The quantitative estimate of drug-likeness (QED) is 0.822. The molecule has 0 aromatic heterocycles. The second-order valence-corrected chi connectivity index (χ2v) is 6.58. The van der Waals surface area contributed by atoms with E-state index in [1.807, 2.05) is 31.2 Å². The largest absolute Gasteiger partial charge is 0.378 e. The second kappa shape index (κ2) is 9.42. The minimum absolute atomic E-state index is 0.0136. The Labute approximate surface area is 150 Å². The van der Waals surface area contributed by atoms with Crippen molar-refractivity contribution in [1.29, 1.82) is 0 Å². The first-order chi connectivity index (χ1) is 12.0. The molecule has 1 fully saturated rings. The monoisotopic (exact) mass is 347 g/mol. The molecule has 2 rings (SSSR count). The van der Waals surface area contributed by atoms with Crippen LogP contribution in [0.5, 0.6) is 0 Å². The number of amides is 2. The van der Waals surface area contributed by atoms with Crippen molar-refractivity contribution in [2.75, 3.05) is 50.1 Å². The Balaban J connectivity index is 1.84. The maximum Gasteiger partial charge on any atom is 0.243 e. The van der Waals surface area contributed by atoms with E-state index in [4.69, 9.17) is 4.74 Å². The summed E-state index contributed by atoms with van der Waals surface area (Å²) in [5, 5.41) is 2.85. The standard InChI is InChI=1S/C19H29N3O3/c1-4-5-15(2)19(24)21(3)14-18(23)20-16-6-8-17(9-7-16)22-10-12-25-13-11-22/h6-9,15H,4-5,10-14H2,1-3H3,(H,20,23). The van der Waals surface area contributed by atoms with Gasteiger partial charge in [-0.3, -0.25) is 9.59 Å². The summed E-state index contributed by atoms with van der Waals surface area (Å²) < 4.78 is 5.35. The van der Waals surface area contributed by atoms with Gasteiger partial charge in [-0.2, -0.15) is 0 Å². The van der Waals surface area contributed by atoms with Crippen LogP contribution in [-0.2, 0) is 14.3 Å². The van der Waals surface area contributed by atoms with Crippen LogP contribution in [-0.4, -0.2) is 56.6 Å². The summed E-state index contributed by atoms with van der Waals surface area (Å²) in [6.45, 7) is 7.29. The van der Waals surface area contributed by atoms with Crippen molar-refractivity contribution in [1.82, 2.24) is 4.90 Å². The Bertz CT molecular complexity index is 568. The summed E-state index contributed by atoms with van der Waals surface area (Å²) >= 11 is 0. The molecule has 2 amide bonds. The Kier molecular flexibility index (Phi) is 7.25. The number of morpholine rings is 1. The predicted molar refractivity (Wildman–Crippen MR) is 99.8 cm³/mol. The van der Waals surface area contributed by atoms with Gasteiger partial charge in [-0.05, 0) is 30.7 Å². The molecule has 1 aromatic carbocycles. The summed E-state index contributed by atoms with van der Waals surface area (Å²) in [4.78, 5) is 28.1. The molecule has 1 aromatic rings. The van der Waals surface area contributed by atoms with Gasteiger partial charge in [0.05, 0.1) is 19.8 Å². The fourth-order valence-electron chi connectivity index (χ4n) is 3.00. The number of hydrogen-bond acceptors (Lipinski definition) is 4. The van der Waals surface area contributed by atoms with Crippen molar-refractivity contribution in [3.05, 3.63) is 24.3 Å². The van der Waals surface area contributed by atoms with Crippen LogP contribution in [0.15, 0.2) is 24.3 Å². The first-order valence-corrected chi connectivity index (χ1v) is 8.99. The molecule has 1 unspecified atom stereocenters. The van der Waals surface area contributed by atoms with Crippen LogP contribution in [0.3, 0.4) is 0 Å². The van der Waals surface area contributed by atoms with Crippen molar-refractivity contribution in [3.8, 4) is 0 Å². The summed E-state index contributed by atoms with van der Waals surface area (Å²) in [7, 11) is 1.68. The fourth-order valence-corrected chi connectivity index (χ4v) is 3.00. The third-order valence-corrected chi connectivity index (χ3v) is 4.43. The van der Waals surface area contributed by atoms with Gasteiger partial charge in [-0.1, -0.05) is 20.3 Å². The highest BCUT2D eigenvalue weighted by Crippen LogP contribution is 2.19. The van der Waals surface area contributed by atoms with Gasteiger partial charge < -0.3 is 19.9 Å². The lowest BCUT2D eigenvalue weighted by atomic mass is 10.1.